The monoisotopic (exact) mass is 237 g/mol. The molecule has 2 N–H and O–H groups in total. The Morgan fingerprint density at radius 3 is 2.33 bits per heavy atom. The van der Waals surface area contributed by atoms with Crippen LogP contribution in [0.25, 0.3) is 0 Å². The number of nitrogens with one attached hydrogen (secondary N) is 1. The minimum absolute atomic E-state index is 0.0495. The molecule has 0 heterocycles. The fourth-order valence-corrected chi connectivity index (χ4v) is 3.18. The first-order valence-corrected chi connectivity index (χ1v) is 7.11. The molecule has 0 rings (SSSR count). The van der Waals surface area contributed by atoms with Crippen molar-refractivity contribution in [1.29, 1.82) is 0 Å². The second-order valence-electron chi connectivity index (χ2n) is 4.49. The molecule has 5 heteroatoms. The molecule has 0 spiro atoms. The minimum atomic E-state index is -3.19. The van der Waals surface area contributed by atoms with Gasteiger partial charge in [-0.15, -0.1) is 0 Å². The first kappa shape index (κ1) is 14.9. The zero-order valence-corrected chi connectivity index (χ0v) is 10.7. The molecule has 0 bridgehead atoms. The Bertz CT molecular complexity index is 260. The number of sulfonamides is 1. The highest BCUT2D eigenvalue weighted by atomic mass is 32.2. The second kappa shape index (κ2) is 6.45. The Morgan fingerprint density at radius 1 is 1.27 bits per heavy atom. The maximum atomic E-state index is 11.6. The number of rotatable bonds is 8. The van der Waals surface area contributed by atoms with E-state index >= 15 is 0 Å². The van der Waals surface area contributed by atoms with E-state index < -0.39 is 10.0 Å². The molecular formula is C10H23NO3S. The van der Waals surface area contributed by atoms with E-state index in [1.165, 1.54) is 0 Å². The highest BCUT2D eigenvalue weighted by Crippen LogP contribution is 2.12. The number of aliphatic hydroxyl groups is 1. The van der Waals surface area contributed by atoms with Crippen molar-refractivity contribution >= 4 is 10.0 Å². The van der Waals surface area contributed by atoms with E-state index in [4.69, 9.17) is 5.11 Å². The highest BCUT2D eigenvalue weighted by molar-refractivity contribution is 7.89. The summed E-state index contributed by atoms with van der Waals surface area (Å²) < 4.78 is 25.9. The van der Waals surface area contributed by atoms with Crippen molar-refractivity contribution in [3.8, 4) is 0 Å². The molecular weight excluding hydrogens is 214 g/mol. The van der Waals surface area contributed by atoms with Crippen molar-refractivity contribution in [2.45, 2.75) is 52.0 Å². The van der Waals surface area contributed by atoms with Gasteiger partial charge in [0.25, 0.3) is 0 Å². The van der Waals surface area contributed by atoms with Crippen molar-refractivity contribution in [3.05, 3.63) is 0 Å². The molecule has 0 amide bonds. The molecule has 0 aliphatic carbocycles. The van der Waals surface area contributed by atoms with Gasteiger partial charge in [0.1, 0.15) is 0 Å². The van der Waals surface area contributed by atoms with Gasteiger partial charge in [-0.25, -0.2) is 13.1 Å². The quantitative estimate of drug-likeness (QED) is 0.625. The molecule has 0 saturated carbocycles. The third-order valence-corrected chi connectivity index (χ3v) is 3.82. The molecule has 4 nitrogen and oxygen atoms in total. The van der Waals surface area contributed by atoms with E-state index in [1.54, 1.807) is 0 Å². The van der Waals surface area contributed by atoms with E-state index in [1.807, 2.05) is 20.8 Å². The Morgan fingerprint density at radius 2 is 1.87 bits per heavy atom. The van der Waals surface area contributed by atoms with Crippen molar-refractivity contribution < 1.29 is 13.5 Å². The summed E-state index contributed by atoms with van der Waals surface area (Å²) in [4.78, 5) is 0. The van der Waals surface area contributed by atoms with Gasteiger partial charge in [0.15, 0.2) is 0 Å². The predicted molar refractivity (Wildman–Crippen MR) is 62.2 cm³/mol. The first-order chi connectivity index (χ1) is 6.83. The Kier molecular flexibility index (Phi) is 6.40. The van der Waals surface area contributed by atoms with Gasteiger partial charge in [-0.05, 0) is 33.1 Å². The van der Waals surface area contributed by atoms with E-state index in [9.17, 15) is 8.42 Å². The van der Waals surface area contributed by atoms with E-state index in [2.05, 4.69) is 4.72 Å². The normalized spacial score (nSPS) is 13.1. The molecule has 0 unspecified atom stereocenters. The van der Waals surface area contributed by atoms with E-state index in [0.29, 0.717) is 12.8 Å². The topological polar surface area (TPSA) is 66.4 Å². The molecule has 0 aliphatic heterocycles. The van der Waals surface area contributed by atoms with E-state index in [-0.39, 0.29) is 17.9 Å². The lowest BCUT2D eigenvalue weighted by atomic mass is 10.0. The summed E-state index contributed by atoms with van der Waals surface area (Å²) in [7, 11) is -3.19. The third-order valence-electron chi connectivity index (χ3n) is 2.13. The number of hydrogen-bond donors (Lipinski definition) is 2. The molecule has 0 aliphatic rings. The average molecular weight is 237 g/mol. The zero-order chi connectivity index (χ0) is 11.9. The maximum Gasteiger partial charge on any atom is 0.212 e. The molecule has 0 fully saturated rings. The summed E-state index contributed by atoms with van der Waals surface area (Å²) in [6.45, 7) is 5.86. The summed E-state index contributed by atoms with van der Waals surface area (Å²) in [6, 6.07) is 0. The van der Waals surface area contributed by atoms with Crippen molar-refractivity contribution in [1.82, 2.24) is 4.72 Å². The van der Waals surface area contributed by atoms with Crippen LogP contribution in [0, 0.1) is 0 Å². The highest BCUT2D eigenvalue weighted by Gasteiger charge is 2.23. The Labute approximate surface area is 93.1 Å². The van der Waals surface area contributed by atoms with Crippen molar-refractivity contribution in [2.24, 2.45) is 0 Å². The second-order valence-corrected chi connectivity index (χ2v) is 6.33. The molecule has 0 aromatic rings. The maximum absolute atomic E-state index is 11.6. The summed E-state index contributed by atoms with van der Waals surface area (Å²) in [5.41, 5.74) is -0.368. The fourth-order valence-electron chi connectivity index (χ4n) is 1.55. The minimum Gasteiger partial charge on any atom is -0.396 e. The summed E-state index contributed by atoms with van der Waals surface area (Å²) in [5, 5.41) is 8.56. The third kappa shape index (κ3) is 7.76. The van der Waals surface area contributed by atoms with Crippen LogP contribution in [0.1, 0.15) is 46.5 Å². The van der Waals surface area contributed by atoms with Gasteiger partial charge in [-0.3, -0.25) is 0 Å². The fraction of sp³-hybridized carbons (Fsp3) is 1.00. The lowest BCUT2D eigenvalue weighted by Crippen LogP contribution is -2.44. The van der Waals surface area contributed by atoms with Crippen LogP contribution in [0.15, 0.2) is 0 Å². The molecule has 92 valence electrons. The smallest absolute Gasteiger partial charge is 0.212 e. The Balaban J connectivity index is 4.13. The SMILES string of the molecule is CCCC(C)(C)NS(=O)(=O)CCCCO. The zero-order valence-electron chi connectivity index (χ0n) is 9.91. The van der Waals surface area contributed by atoms with Gasteiger partial charge >= 0.3 is 0 Å². The molecule has 0 radical (unpaired) electrons. The molecule has 0 aromatic heterocycles. The van der Waals surface area contributed by atoms with Crippen LogP contribution in [0.4, 0.5) is 0 Å². The van der Waals surface area contributed by atoms with E-state index in [0.717, 1.165) is 12.8 Å². The van der Waals surface area contributed by atoms with Gasteiger partial charge in [0.05, 0.1) is 5.75 Å². The largest absolute Gasteiger partial charge is 0.396 e. The summed E-state index contributed by atoms with van der Waals surface area (Å²) in [5.74, 6) is 0.0979. The molecule has 0 aromatic carbocycles. The Hall–Kier alpha value is -0.130. The summed E-state index contributed by atoms with van der Waals surface area (Å²) in [6.07, 6.45) is 2.82. The van der Waals surface area contributed by atoms with Crippen molar-refractivity contribution in [3.63, 3.8) is 0 Å². The van der Waals surface area contributed by atoms with Gasteiger partial charge in [0, 0.05) is 12.1 Å². The van der Waals surface area contributed by atoms with Crippen LogP contribution in [0.3, 0.4) is 0 Å². The van der Waals surface area contributed by atoms with Crippen molar-refractivity contribution in [2.75, 3.05) is 12.4 Å². The molecule has 0 saturated heterocycles. The van der Waals surface area contributed by atoms with Gasteiger partial charge in [-0.1, -0.05) is 13.3 Å². The first-order valence-electron chi connectivity index (χ1n) is 5.45. The van der Waals surface area contributed by atoms with Crippen LogP contribution in [-0.4, -0.2) is 31.4 Å². The lowest BCUT2D eigenvalue weighted by molar-refractivity contribution is 0.287. The lowest BCUT2D eigenvalue weighted by Gasteiger charge is -2.25. The van der Waals surface area contributed by atoms with Gasteiger partial charge < -0.3 is 5.11 Å². The number of aliphatic hydroxyl groups excluding tert-OH is 1. The van der Waals surface area contributed by atoms with Crippen LogP contribution < -0.4 is 4.72 Å². The predicted octanol–water partition coefficient (Wildman–Crippen LogP) is 1.26. The standard InChI is InChI=1S/C10H23NO3S/c1-4-7-10(2,3)11-15(13,14)9-6-5-8-12/h11-12H,4-9H2,1-3H3. The van der Waals surface area contributed by atoms with Crippen LogP contribution in [0.5, 0.6) is 0 Å². The summed E-state index contributed by atoms with van der Waals surface area (Å²) >= 11 is 0. The van der Waals surface area contributed by atoms with Gasteiger partial charge in [-0.2, -0.15) is 0 Å². The number of unbranched alkanes of at least 4 members (excludes halogenated alkanes) is 1. The molecule has 0 atom stereocenters. The number of hydrogen-bond acceptors (Lipinski definition) is 3. The van der Waals surface area contributed by atoms with Crippen LogP contribution in [0.2, 0.25) is 0 Å². The van der Waals surface area contributed by atoms with Crippen LogP contribution in [-0.2, 0) is 10.0 Å². The molecule has 15 heavy (non-hydrogen) atoms. The average Bonchev–Trinajstić information content (AvgIpc) is 2.01. The van der Waals surface area contributed by atoms with Crippen LogP contribution >= 0.6 is 0 Å². The van der Waals surface area contributed by atoms with Gasteiger partial charge in [0.2, 0.25) is 10.0 Å².